The van der Waals surface area contributed by atoms with Gasteiger partial charge in [-0.2, -0.15) is 0 Å². The van der Waals surface area contributed by atoms with Gasteiger partial charge in [-0.15, -0.1) is 10.2 Å². The lowest BCUT2D eigenvalue weighted by molar-refractivity contribution is 1.09. The Labute approximate surface area is 129 Å². The van der Waals surface area contributed by atoms with Gasteiger partial charge in [0.2, 0.25) is 4.96 Å². The topological polar surface area (TPSA) is 60.2 Å². The summed E-state index contributed by atoms with van der Waals surface area (Å²) in [5.74, 6) is 0.540. The zero-order valence-electron chi connectivity index (χ0n) is 11.4. The molecule has 0 aliphatic heterocycles. The number of benzene rings is 1. The Morgan fingerprint density at radius 1 is 0.909 bits per heavy atom. The van der Waals surface area contributed by atoms with E-state index >= 15 is 0 Å². The highest BCUT2D eigenvalue weighted by Crippen LogP contribution is 2.26. The number of nitrogens with zero attached hydrogens (tertiary/aromatic N) is 4. The normalized spacial score (nSPS) is 10.9. The highest BCUT2D eigenvalue weighted by Gasteiger charge is 2.13. The minimum atomic E-state index is -0.135. The van der Waals surface area contributed by atoms with E-state index in [1.54, 1.807) is 18.5 Å². The van der Waals surface area contributed by atoms with E-state index < -0.39 is 0 Å². The van der Waals surface area contributed by atoms with Crippen LogP contribution in [0.15, 0.2) is 65.7 Å². The number of hydrogen-bond acceptors (Lipinski definition) is 5. The van der Waals surface area contributed by atoms with Crippen molar-refractivity contribution < 1.29 is 0 Å². The van der Waals surface area contributed by atoms with Crippen molar-refractivity contribution in [2.24, 2.45) is 0 Å². The summed E-state index contributed by atoms with van der Waals surface area (Å²) in [4.78, 5) is 17.9. The second-order valence-corrected chi connectivity index (χ2v) is 5.70. The molecule has 0 saturated carbocycles. The molecule has 4 aromatic rings. The van der Waals surface area contributed by atoms with Crippen molar-refractivity contribution in [2.75, 3.05) is 0 Å². The summed E-state index contributed by atoms with van der Waals surface area (Å²) in [6.07, 6.45) is 3.34. The van der Waals surface area contributed by atoms with Crippen LogP contribution in [0.4, 0.5) is 0 Å². The molecule has 4 rings (SSSR count). The molecule has 5 nitrogen and oxygen atoms in total. The van der Waals surface area contributed by atoms with Gasteiger partial charge in [-0.05, 0) is 17.7 Å². The minimum absolute atomic E-state index is 0.135. The molecule has 0 unspecified atom stereocenters. The van der Waals surface area contributed by atoms with Crippen LogP contribution >= 0.6 is 11.3 Å². The lowest BCUT2D eigenvalue weighted by Gasteiger charge is -2.01. The van der Waals surface area contributed by atoms with Crippen molar-refractivity contribution in [3.05, 3.63) is 71.3 Å². The second-order valence-electron chi connectivity index (χ2n) is 4.69. The van der Waals surface area contributed by atoms with Gasteiger partial charge in [0.25, 0.3) is 5.56 Å². The maximum atomic E-state index is 12.5. The number of rotatable bonds is 2. The third kappa shape index (κ3) is 2.10. The van der Waals surface area contributed by atoms with Crippen molar-refractivity contribution in [3.8, 4) is 21.8 Å². The van der Waals surface area contributed by atoms with Gasteiger partial charge in [0.1, 0.15) is 0 Å². The average Bonchev–Trinajstić information content (AvgIpc) is 3.01. The van der Waals surface area contributed by atoms with Gasteiger partial charge >= 0.3 is 0 Å². The van der Waals surface area contributed by atoms with Gasteiger partial charge in [-0.25, -0.2) is 4.40 Å². The molecule has 0 saturated heterocycles. The molecule has 0 spiro atoms. The first-order valence-electron chi connectivity index (χ1n) is 6.68. The fraction of sp³-hybridized carbons (Fsp3) is 0. The van der Waals surface area contributed by atoms with Crippen LogP contribution in [0.2, 0.25) is 0 Å². The molecule has 6 heteroatoms. The summed E-state index contributed by atoms with van der Waals surface area (Å²) in [6, 6.07) is 15.0. The first kappa shape index (κ1) is 12.8. The van der Waals surface area contributed by atoms with Crippen LogP contribution in [-0.2, 0) is 0 Å². The van der Waals surface area contributed by atoms with Crippen molar-refractivity contribution >= 4 is 16.3 Å². The van der Waals surface area contributed by atoms with E-state index in [4.69, 9.17) is 0 Å². The molecule has 0 fully saturated rings. The Morgan fingerprint density at radius 2 is 1.68 bits per heavy atom. The lowest BCUT2D eigenvalue weighted by Crippen LogP contribution is -2.11. The van der Waals surface area contributed by atoms with E-state index in [0.717, 1.165) is 16.0 Å². The molecule has 0 aliphatic rings. The minimum Gasteiger partial charge on any atom is -0.269 e. The standard InChI is InChI=1S/C16H10N4OS/c21-14-10-13(11-4-2-1-3-5-11)22-16-19-18-15(20(14)16)12-6-8-17-9-7-12/h1-10H. The third-order valence-corrected chi connectivity index (χ3v) is 4.33. The molecular weight excluding hydrogens is 296 g/mol. The van der Waals surface area contributed by atoms with E-state index in [9.17, 15) is 4.79 Å². The molecule has 0 amide bonds. The molecule has 0 atom stereocenters. The summed E-state index contributed by atoms with van der Waals surface area (Å²) >= 11 is 1.44. The predicted molar refractivity (Wildman–Crippen MR) is 85.8 cm³/mol. The maximum Gasteiger partial charge on any atom is 0.260 e. The van der Waals surface area contributed by atoms with Crippen LogP contribution in [0.25, 0.3) is 26.8 Å². The first-order chi connectivity index (χ1) is 10.8. The SMILES string of the molecule is O=c1cc(-c2ccccc2)sc2nnc(-c3ccncc3)n12. The number of hydrogen-bond donors (Lipinski definition) is 0. The molecule has 0 aliphatic carbocycles. The van der Waals surface area contributed by atoms with Gasteiger partial charge in [0.05, 0.1) is 0 Å². The quantitative estimate of drug-likeness (QED) is 0.571. The van der Waals surface area contributed by atoms with Gasteiger partial charge in [0.15, 0.2) is 5.82 Å². The van der Waals surface area contributed by atoms with Crippen LogP contribution in [0.5, 0.6) is 0 Å². The summed E-state index contributed by atoms with van der Waals surface area (Å²) in [6.45, 7) is 0. The van der Waals surface area contributed by atoms with E-state index in [0.29, 0.717) is 10.8 Å². The van der Waals surface area contributed by atoms with Gasteiger partial charge in [0, 0.05) is 28.9 Å². The van der Waals surface area contributed by atoms with Crippen LogP contribution in [-0.4, -0.2) is 19.6 Å². The Balaban J connectivity index is 1.94. The van der Waals surface area contributed by atoms with Crippen molar-refractivity contribution in [1.82, 2.24) is 19.6 Å². The molecule has 22 heavy (non-hydrogen) atoms. The fourth-order valence-electron chi connectivity index (χ4n) is 2.27. The molecule has 3 aromatic heterocycles. The van der Waals surface area contributed by atoms with E-state index in [1.165, 1.54) is 15.7 Å². The third-order valence-electron chi connectivity index (χ3n) is 3.31. The van der Waals surface area contributed by atoms with Crippen LogP contribution < -0.4 is 5.56 Å². The van der Waals surface area contributed by atoms with Crippen molar-refractivity contribution in [3.63, 3.8) is 0 Å². The van der Waals surface area contributed by atoms with Crippen LogP contribution in [0.3, 0.4) is 0 Å². The Morgan fingerprint density at radius 3 is 2.45 bits per heavy atom. The molecule has 0 bridgehead atoms. The highest BCUT2D eigenvalue weighted by molar-refractivity contribution is 7.19. The summed E-state index contributed by atoms with van der Waals surface area (Å²) in [5.41, 5.74) is 1.68. The van der Waals surface area contributed by atoms with Crippen LogP contribution in [0.1, 0.15) is 0 Å². The van der Waals surface area contributed by atoms with E-state index in [1.807, 2.05) is 42.5 Å². The number of aromatic nitrogens is 4. The van der Waals surface area contributed by atoms with E-state index in [-0.39, 0.29) is 5.56 Å². The number of pyridine rings is 1. The summed E-state index contributed by atoms with van der Waals surface area (Å²) in [5, 5.41) is 8.31. The highest BCUT2D eigenvalue weighted by atomic mass is 32.1. The van der Waals surface area contributed by atoms with Crippen molar-refractivity contribution in [2.45, 2.75) is 0 Å². The zero-order chi connectivity index (χ0) is 14.9. The monoisotopic (exact) mass is 306 g/mol. The molecular formula is C16H10N4OS. The predicted octanol–water partition coefficient (Wildman–Crippen LogP) is 2.88. The molecule has 106 valence electrons. The van der Waals surface area contributed by atoms with Gasteiger partial charge in [-0.3, -0.25) is 9.78 Å². The van der Waals surface area contributed by atoms with Crippen LogP contribution in [0, 0.1) is 0 Å². The Kier molecular flexibility index (Phi) is 3.01. The van der Waals surface area contributed by atoms with Crippen molar-refractivity contribution in [1.29, 1.82) is 0 Å². The number of fused-ring (bicyclic) bond motifs is 1. The summed E-state index contributed by atoms with van der Waals surface area (Å²) < 4.78 is 1.53. The smallest absolute Gasteiger partial charge is 0.260 e. The van der Waals surface area contributed by atoms with Gasteiger partial charge in [-0.1, -0.05) is 41.7 Å². The second kappa shape index (κ2) is 5.16. The lowest BCUT2D eigenvalue weighted by atomic mass is 10.2. The van der Waals surface area contributed by atoms with Gasteiger partial charge < -0.3 is 0 Å². The first-order valence-corrected chi connectivity index (χ1v) is 7.50. The molecule has 0 radical (unpaired) electrons. The fourth-order valence-corrected chi connectivity index (χ4v) is 3.23. The summed E-state index contributed by atoms with van der Waals surface area (Å²) in [7, 11) is 0. The Hall–Kier alpha value is -2.86. The molecule has 3 heterocycles. The largest absolute Gasteiger partial charge is 0.269 e. The molecule has 0 N–H and O–H groups in total. The molecule has 1 aromatic carbocycles. The average molecular weight is 306 g/mol. The Bertz CT molecular complexity index is 993. The zero-order valence-corrected chi connectivity index (χ0v) is 12.2. The van der Waals surface area contributed by atoms with E-state index in [2.05, 4.69) is 15.2 Å². The maximum absolute atomic E-state index is 12.5.